The number of anilines is 1. The van der Waals surface area contributed by atoms with E-state index in [-0.39, 0.29) is 6.54 Å². The van der Waals surface area contributed by atoms with Crippen molar-refractivity contribution in [3.8, 4) is 0 Å². The molecule has 0 aromatic heterocycles. The number of carbonyl (C=O) groups is 3. The van der Waals surface area contributed by atoms with E-state index in [9.17, 15) is 14.4 Å². The van der Waals surface area contributed by atoms with Crippen LogP contribution < -0.4 is 10.6 Å². The fraction of sp³-hybridized carbons (Fsp3) is 0.211. The third-order valence-electron chi connectivity index (χ3n) is 4.26. The first-order valence-corrected chi connectivity index (χ1v) is 7.96. The number of nitrogens with zero attached hydrogens (tertiary/aromatic N) is 1. The normalized spacial score (nSPS) is 19.7. The summed E-state index contributed by atoms with van der Waals surface area (Å²) < 4.78 is 0. The average molecular weight is 337 g/mol. The maximum atomic E-state index is 12.8. The highest BCUT2D eigenvalue weighted by Gasteiger charge is 2.49. The highest BCUT2D eigenvalue weighted by Crippen LogP contribution is 2.28. The molecule has 0 saturated carbocycles. The number of benzene rings is 2. The van der Waals surface area contributed by atoms with Gasteiger partial charge in [-0.2, -0.15) is 0 Å². The summed E-state index contributed by atoms with van der Waals surface area (Å²) in [5.41, 5.74) is 1.18. The van der Waals surface area contributed by atoms with Crippen LogP contribution in [-0.4, -0.2) is 29.3 Å². The lowest BCUT2D eigenvalue weighted by atomic mass is 9.91. The van der Waals surface area contributed by atoms with Crippen LogP contribution in [0.4, 0.5) is 10.5 Å². The van der Waals surface area contributed by atoms with Gasteiger partial charge in [-0.1, -0.05) is 48.0 Å². The molecule has 1 aliphatic rings. The minimum atomic E-state index is -1.17. The molecule has 0 radical (unpaired) electrons. The predicted octanol–water partition coefficient (Wildman–Crippen LogP) is 2.40. The first kappa shape index (κ1) is 16.7. The Morgan fingerprint density at radius 1 is 1.08 bits per heavy atom. The summed E-state index contributed by atoms with van der Waals surface area (Å²) in [6, 6.07) is 15.7. The van der Waals surface area contributed by atoms with E-state index in [4.69, 9.17) is 0 Å². The van der Waals surface area contributed by atoms with Crippen LogP contribution in [0, 0.1) is 6.92 Å². The summed E-state index contributed by atoms with van der Waals surface area (Å²) in [4.78, 5) is 38.1. The van der Waals surface area contributed by atoms with Gasteiger partial charge >= 0.3 is 6.03 Å². The fourth-order valence-corrected chi connectivity index (χ4v) is 2.79. The number of carbonyl (C=O) groups excluding carboxylic acids is 3. The van der Waals surface area contributed by atoms with Gasteiger partial charge in [0.25, 0.3) is 5.91 Å². The van der Waals surface area contributed by atoms with Gasteiger partial charge in [0.1, 0.15) is 12.1 Å². The van der Waals surface area contributed by atoms with Crippen LogP contribution in [0.25, 0.3) is 0 Å². The van der Waals surface area contributed by atoms with E-state index < -0.39 is 23.4 Å². The Morgan fingerprint density at radius 3 is 2.36 bits per heavy atom. The van der Waals surface area contributed by atoms with Gasteiger partial charge in [-0.15, -0.1) is 0 Å². The number of aryl methyl sites for hydroxylation is 1. The minimum Gasteiger partial charge on any atom is -0.325 e. The molecule has 0 bridgehead atoms. The van der Waals surface area contributed by atoms with Crippen molar-refractivity contribution in [1.29, 1.82) is 0 Å². The monoisotopic (exact) mass is 337 g/mol. The summed E-state index contributed by atoms with van der Waals surface area (Å²) >= 11 is 0. The fourth-order valence-electron chi connectivity index (χ4n) is 2.79. The third-order valence-corrected chi connectivity index (χ3v) is 4.26. The van der Waals surface area contributed by atoms with Crippen molar-refractivity contribution in [2.45, 2.75) is 19.4 Å². The van der Waals surface area contributed by atoms with Gasteiger partial charge in [-0.25, -0.2) is 4.79 Å². The standard InChI is InChI=1S/C19H19N3O3/c1-13-8-10-14(11-9-13)19(2)17(24)22(18(25)21-19)12-16(23)20-15-6-4-3-5-7-15/h3-11H,12H2,1-2H3,(H,20,23)(H,21,25)/t19-/m0/s1. The van der Waals surface area contributed by atoms with E-state index in [1.54, 1.807) is 43.3 Å². The lowest BCUT2D eigenvalue weighted by molar-refractivity contribution is -0.133. The van der Waals surface area contributed by atoms with Crippen LogP contribution in [-0.2, 0) is 15.1 Å². The van der Waals surface area contributed by atoms with Crippen LogP contribution in [0.5, 0.6) is 0 Å². The second-order valence-corrected chi connectivity index (χ2v) is 6.23. The molecule has 1 atom stereocenters. The number of nitrogens with one attached hydrogen (secondary N) is 2. The largest absolute Gasteiger partial charge is 0.325 e. The maximum Gasteiger partial charge on any atom is 0.325 e. The number of amides is 4. The first-order valence-electron chi connectivity index (χ1n) is 7.96. The van der Waals surface area contributed by atoms with Crippen LogP contribution in [0.3, 0.4) is 0 Å². The van der Waals surface area contributed by atoms with Crippen LogP contribution >= 0.6 is 0 Å². The van der Waals surface area contributed by atoms with E-state index in [0.717, 1.165) is 10.5 Å². The molecule has 2 aromatic carbocycles. The van der Waals surface area contributed by atoms with Crippen molar-refractivity contribution >= 4 is 23.5 Å². The number of rotatable bonds is 4. The van der Waals surface area contributed by atoms with Crippen molar-refractivity contribution < 1.29 is 14.4 Å². The Bertz CT molecular complexity index is 818. The predicted molar refractivity (Wildman–Crippen MR) is 93.8 cm³/mol. The molecule has 2 N–H and O–H groups in total. The quantitative estimate of drug-likeness (QED) is 0.841. The van der Waals surface area contributed by atoms with Crippen molar-refractivity contribution in [3.63, 3.8) is 0 Å². The van der Waals surface area contributed by atoms with E-state index in [1.165, 1.54) is 0 Å². The van der Waals surface area contributed by atoms with E-state index >= 15 is 0 Å². The Morgan fingerprint density at radius 2 is 1.72 bits per heavy atom. The summed E-state index contributed by atoms with van der Waals surface area (Å²) in [7, 11) is 0. The van der Waals surface area contributed by atoms with E-state index in [0.29, 0.717) is 11.3 Å². The second-order valence-electron chi connectivity index (χ2n) is 6.23. The minimum absolute atomic E-state index is 0.332. The molecule has 0 spiro atoms. The summed E-state index contributed by atoms with van der Waals surface area (Å²) in [6.45, 7) is 3.26. The molecule has 1 fully saturated rings. The Labute approximate surface area is 145 Å². The van der Waals surface area contributed by atoms with Crippen molar-refractivity contribution in [2.24, 2.45) is 0 Å². The zero-order chi connectivity index (χ0) is 18.0. The molecule has 1 aliphatic heterocycles. The van der Waals surface area contributed by atoms with Crippen LogP contribution in [0.15, 0.2) is 54.6 Å². The van der Waals surface area contributed by atoms with Gasteiger partial charge in [-0.05, 0) is 31.5 Å². The van der Waals surface area contributed by atoms with Gasteiger partial charge in [0, 0.05) is 5.69 Å². The molecular formula is C19H19N3O3. The number of imide groups is 1. The van der Waals surface area contributed by atoms with Crippen LogP contribution in [0.1, 0.15) is 18.1 Å². The lowest BCUT2D eigenvalue weighted by Gasteiger charge is -2.22. The maximum absolute atomic E-state index is 12.8. The molecule has 6 heteroatoms. The molecule has 1 heterocycles. The van der Waals surface area contributed by atoms with Gasteiger partial charge in [-0.3, -0.25) is 14.5 Å². The highest BCUT2D eigenvalue weighted by atomic mass is 16.2. The molecule has 1 saturated heterocycles. The number of para-hydroxylation sites is 1. The van der Waals surface area contributed by atoms with Gasteiger partial charge in [0.2, 0.25) is 5.91 Å². The molecule has 0 unspecified atom stereocenters. The van der Waals surface area contributed by atoms with Gasteiger partial charge < -0.3 is 10.6 Å². The Hall–Kier alpha value is -3.15. The summed E-state index contributed by atoms with van der Waals surface area (Å²) in [5, 5.41) is 5.36. The number of hydrogen-bond donors (Lipinski definition) is 2. The third kappa shape index (κ3) is 3.24. The first-order chi connectivity index (χ1) is 11.9. The SMILES string of the molecule is Cc1ccc([C@]2(C)NC(=O)N(CC(=O)Nc3ccccc3)C2=O)cc1. The summed E-state index contributed by atoms with van der Waals surface area (Å²) in [5.74, 6) is -0.868. The number of urea groups is 1. The van der Waals surface area contributed by atoms with Crippen molar-refractivity contribution in [2.75, 3.05) is 11.9 Å². The molecule has 2 aromatic rings. The average Bonchev–Trinajstić information content (AvgIpc) is 2.80. The van der Waals surface area contributed by atoms with Gasteiger partial charge in [0.15, 0.2) is 0 Å². The Balaban J connectivity index is 1.75. The molecule has 25 heavy (non-hydrogen) atoms. The zero-order valence-electron chi connectivity index (χ0n) is 14.1. The topological polar surface area (TPSA) is 78.5 Å². The molecule has 6 nitrogen and oxygen atoms in total. The van der Waals surface area contributed by atoms with E-state index in [1.807, 2.05) is 25.1 Å². The highest BCUT2D eigenvalue weighted by molar-refractivity contribution is 6.10. The van der Waals surface area contributed by atoms with Crippen molar-refractivity contribution in [1.82, 2.24) is 10.2 Å². The van der Waals surface area contributed by atoms with Gasteiger partial charge in [0.05, 0.1) is 0 Å². The molecule has 4 amide bonds. The van der Waals surface area contributed by atoms with E-state index in [2.05, 4.69) is 10.6 Å². The zero-order valence-corrected chi connectivity index (χ0v) is 14.1. The van der Waals surface area contributed by atoms with Crippen molar-refractivity contribution in [3.05, 3.63) is 65.7 Å². The number of hydrogen-bond acceptors (Lipinski definition) is 3. The van der Waals surface area contributed by atoms with Crippen LogP contribution in [0.2, 0.25) is 0 Å². The molecule has 128 valence electrons. The smallest absolute Gasteiger partial charge is 0.325 e. The molecular weight excluding hydrogens is 318 g/mol. The molecule has 0 aliphatic carbocycles. The molecule has 3 rings (SSSR count). The Kier molecular flexibility index (Phi) is 4.27. The lowest BCUT2D eigenvalue weighted by Crippen LogP contribution is -2.42. The summed E-state index contributed by atoms with van der Waals surface area (Å²) in [6.07, 6.45) is 0. The second kappa shape index (κ2) is 6.39.